The standard InChI is InChI=1S/C20H34N2/c1-18(2)12-13-20(19-10-5-3-6-11-19)21-14-9-17-22-15-7-4-8-16-22/h3,5-6,10-11,18,20-21H,4,7-9,12-17H2,1-2H3. The molecular weight excluding hydrogens is 268 g/mol. The molecule has 0 aromatic heterocycles. The van der Waals surface area contributed by atoms with Crippen molar-refractivity contribution in [2.75, 3.05) is 26.2 Å². The Labute approximate surface area is 137 Å². The summed E-state index contributed by atoms with van der Waals surface area (Å²) in [5.74, 6) is 0.779. The zero-order valence-electron chi connectivity index (χ0n) is 14.6. The van der Waals surface area contributed by atoms with Gasteiger partial charge in [-0.2, -0.15) is 0 Å². The van der Waals surface area contributed by atoms with Gasteiger partial charge in [0.15, 0.2) is 0 Å². The molecule has 2 nitrogen and oxygen atoms in total. The van der Waals surface area contributed by atoms with Gasteiger partial charge in [-0.1, -0.05) is 50.6 Å². The molecule has 2 heteroatoms. The van der Waals surface area contributed by atoms with Crippen LogP contribution < -0.4 is 5.32 Å². The Balaban J connectivity index is 1.74. The molecule has 1 saturated heterocycles. The number of likely N-dealkylation sites (tertiary alicyclic amines) is 1. The Kier molecular flexibility index (Phi) is 7.96. The summed E-state index contributed by atoms with van der Waals surface area (Å²) in [6.45, 7) is 9.66. The normalized spacial score (nSPS) is 17.8. The van der Waals surface area contributed by atoms with E-state index in [2.05, 4.69) is 54.4 Å². The molecular formula is C20H34N2. The fourth-order valence-electron chi connectivity index (χ4n) is 3.33. The number of piperidine rings is 1. The van der Waals surface area contributed by atoms with E-state index in [0.29, 0.717) is 6.04 Å². The first-order chi connectivity index (χ1) is 10.8. The van der Waals surface area contributed by atoms with Crippen LogP contribution in [0.3, 0.4) is 0 Å². The average Bonchev–Trinajstić information content (AvgIpc) is 2.56. The van der Waals surface area contributed by atoms with Gasteiger partial charge in [-0.15, -0.1) is 0 Å². The maximum Gasteiger partial charge on any atom is 0.0320 e. The zero-order chi connectivity index (χ0) is 15.6. The van der Waals surface area contributed by atoms with Crippen LogP contribution >= 0.6 is 0 Å². The van der Waals surface area contributed by atoms with E-state index in [9.17, 15) is 0 Å². The molecule has 1 aliphatic rings. The minimum absolute atomic E-state index is 0.518. The smallest absolute Gasteiger partial charge is 0.0320 e. The first kappa shape index (κ1) is 17.5. The van der Waals surface area contributed by atoms with Gasteiger partial charge in [0, 0.05) is 6.04 Å². The highest BCUT2D eigenvalue weighted by molar-refractivity contribution is 5.18. The fourth-order valence-corrected chi connectivity index (χ4v) is 3.33. The monoisotopic (exact) mass is 302 g/mol. The molecule has 0 aliphatic carbocycles. The molecule has 22 heavy (non-hydrogen) atoms. The molecule has 0 bridgehead atoms. The van der Waals surface area contributed by atoms with Crippen LogP contribution in [0.15, 0.2) is 30.3 Å². The summed E-state index contributed by atoms with van der Waals surface area (Å²) in [6, 6.07) is 11.5. The number of benzene rings is 1. The molecule has 1 heterocycles. The van der Waals surface area contributed by atoms with E-state index in [1.54, 1.807) is 0 Å². The average molecular weight is 303 g/mol. The topological polar surface area (TPSA) is 15.3 Å². The van der Waals surface area contributed by atoms with Gasteiger partial charge in [0.25, 0.3) is 0 Å². The lowest BCUT2D eigenvalue weighted by Crippen LogP contribution is -2.33. The van der Waals surface area contributed by atoms with E-state index in [4.69, 9.17) is 0 Å². The highest BCUT2D eigenvalue weighted by atomic mass is 15.1. The van der Waals surface area contributed by atoms with Crippen LogP contribution in [0.5, 0.6) is 0 Å². The largest absolute Gasteiger partial charge is 0.310 e. The van der Waals surface area contributed by atoms with Gasteiger partial charge in [0.2, 0.25) is 0 Å². The van der Waals surface area contributed by atoms with E-state index in [1.807, 2.05) is 0 Å². The van der Waals surface area contributed by atoms with Crippen molar-refractivity contribution in [1.82, 2.24) is 10.2 Å². The maximum absolute atomic E-state index is 3.80. The lowest BCUT2D eigenvalue weighted by molar-refractivity contribution is 0.224. The third-order valence-electron chi connectivity index (χ3n) is 4.73. The van der Waals surface area contributed by atoms with Gasteiger partial charge in [-0.05, 0) is 69.8 Å². The lowest BCUT2D eigenvalue weighted by atomic mass is 9.97. The second kappa shape index (κ2) is 10.0. The molecule has 0 spiro atoms. The Morgan fingerprint density at radius 2 is 1.73 bits per heavy atom. The van der Waals surface area contributed by atoms with E-state index in [1.165, 1.54) is 63.7 Å². The van der Waals surface area contributed by atoms with Crippen molar-refractivity contribution in [1.29, 1.82) is 0 Å². The number of nitrogens with zero attached hydrogens (tertiary/aromatic N) is 1. The second-order valence-corrected chi connectivity index (χ2v) is 7.14. The van der Waals surface area contributed by atoms with Crippen LogP contribution in [0, 0.1) is 5.92 Å². The Hall–Kier alpha value is -0.860. The Bertz CT molecular complexity index is 382. The van der Waals surface area contributed by atoms with Crippen LogP contribution in [0.2, 0.25) is 0 Å². The molecule has 0 radical (unpaired) electrons. The summed E-state index contributed by atoms with van der Waals surface area (Å²) < 4.78 is 0. The van der Waals surface area contributed by atoms with Crippen molar-refractivity contribution in [2.45, 2.75) is 58.4 Å². The highest BCUT2D eigenvalue weighted by Gasteiger charge is 2.12. The van der Waals surface area contributed by atoms with E-state index < -0.39 is 0 Å². The van der Waals surface area contributed by atoms with Crippen molar-refractivity contribution in [3.8, 4) is 0 Å². The summed E-state index contributed by atoms with van der Waals surface area (Å²) in [5.41, 5.74) is 1.45. The molecule has 1 aromatic carbocycles. The SMILES string of the molecule is CC(C)CCC(NCCCN1CCCCC1)c1ccccc1. The fraction of sp³-hybridized carbons (Fsp3) is 0.700. The summed E-state index contributed by atoms with van der Waals surface area (Å²) in [5, 5.41) is 3.80. The third kappa shape index (κ3) is 6.50. The van der Waals surface area contributed by atoms with Gasteiger partial charge >= 0.3 is 0 Å². The van der Waals surface area contributed by atoms with Crippen LogP contribution in [0.1, 0.15) is 64.0 Å². The van der Waals surface area contributed by atoms with Crippen molar-refractivity contribution < 1.29 is 0 Å². The van der Waals surface area contributed by atoms with Crippen molar-refractivity contribution >= 4 is 0 Å². The second-order valence-electron chi connectivity index (χ2n) is 7.14. The molecule has 124 valence electrons. The molecule has 1 aromatic rings. The third-order valence-corrected chi connectivity index (χ3v) is 4.73. The quantitative estimate of drug-likeness (QED) is 0.669. The summed E-state index contributed by atoms with van der Waals surface area (Å²) >= 11 is 0. The van der Waals surface area contributed by atoms with Gasteiger partial charge in [-0.3, -0.25) is 0 Å². The van der Waals surface area contributed by atoms with E-state index in [0.717, 1.165) is 12.5 Å². The van der Waals surface area contributed by atoms with Crippen LogP contribution in [-0.2, 0) is 0 Å². The molecule has 1 fully saturated rings. The first-order valence-electron chi connectivity index (χ1n) is 9.26. The van der Waals surface area contributed by atoms with E-state index >= 15 is 0 Å². The predicted molar refractivity (Wildman–Crippen MR) is 96.2 cm³/mol. The maximum atomic E-state index is 3.80. The zero-order valence-corrected chi connectivity index (χ0v) is 14.6. The van der Waals surface area contributed by atoms with Crippen molar-refractivity contribution in [3.63, 3.8) is 0 Å². The molecule has 0 amide bonds. The Morgan fingerprint density at radius 3 is 2.41 bits per heavy atom. The molecule has 2 rings (SSSR count). The van der Waals surface area contributed by atoms with E-state index in [-0.39, 0.29) is 0 Å². The van der Waals surface area contributed by atoms with Crippen LogP contribution in [0.4, 0.5) is 0 Å². The van der Waals surface area contributed by atoms with Crippen LogP contribution in [0.25, 0.3) is 0 Å². The van der Waals surface area contributed by atoms with Gasteiger partial charge < -0.3 is 10.2 Å². The number of hydrogen-bond acceptors (Lipinski definition) is 2. The molecule has 0 saturated carbocycles. The summed E-state index contributed by atoms with van der Waals surface area (Å²) in [7, 11) is 0. The molecule has 1 N–H and O–H groups in total. The molecule has 1 atom stereocenters. The minimum atomic E-state index is 0.518. The number of nitrogens with one attached hydrogen (secondary N) is 1. The van der Waals surface area contributed by atoms with Gasteiger partial charge in [-0.25, -0.2) is 0 Å². The summed E-state index contributed by atoms with van der Waals surface area (Å²) in [6.07, 6.45) is 8.03. The van der Waals surface area contributed by atoms with Crippen LogP contribution in [-0.4, -0.2) is 31.1 Å². The van der Waals surface area contributed by atoms with Gasteiger partial charge in [0.1, 0.15) is 0 Å². The first-order valence-corrected chi connectivity index (χ1v) is 9.26. The number of hydrogen-bond donors (Lipinski definition) is 1. The van der Waals surface area contributed by atoms with Crippen molar-refractivity contribution in [2.24, 2.45) is 5.92 Å². The highest BCUT2D eigenvalue weighted by Crippen LogP contribution is 2.20. The number of rotatable bonds is 9. The molecule has 1 unspecified atom stereocenters. The van der Waals surface area contributed by atoms with Crippen molar-refractivity contribution in [3.05, 3.63) is 35.9 Å². The van der Waals surface area contributed by atoms with Gasteiger partial charge in [0.05, 0.1) is 0 Å². The predicted octanol–water partition coefficient (Wildman–Crippen LogP) is 4.63. The summed E-state index contributed by atoms with van der Waals surface area (Å²) in [4.78, 5) is 2.64. The minimum Gasteiger partial charge on any atom is -0.310 e. The molecule has 1 aliphatic heterocycles. The Morgan fingerprint density at radius 1 is 1.00 bits per heavy atom. The lowest BCUT2D eigenvalue weighted by Gasteiger charge is -2.27.